The van der Waals surface area contributed by atoms with Gasteiger partial charge in [0.2, 0.25) is 0 Å². The lowest BCUT2D eigenvalue weighted by Crippen LogP contribution is -2.00. The van der Waals surface area contributed by atoms with Crippen LogP contribution in [-0.4, -0.2) is 22.5 Å². The number of benzene rings is 1. The number of thioether (sulfide) groups is 1. The van der Waals surface area contributed by atoms with Gasteiger partial charge in [-0.3, -0.25) is 4.79 Å². The van der Waals surface area contributed by atoms with Crippen LogP contribution in [0.5, 0.6) is 0 Å². The van der Waals surface area contributed by atoms with Crippen molar-refractivity contribution >= 4 is 41.2 Å². The lowest BCUT2D eigenvalue weighted by molar-refractivity contribution is 0.112. The molecule has 0 aliphatic heterocycles. The highest BCUT2D eigenvalue weighted by molar-refractivity contribution is 7.98. The summed E-state index contributed by atoms with van der Waals surface area (Å²) in [5.74, 6) is 0.406. The normalized spacial score (nSPS) is 10.1. The molecule has 92 valence electrons. The highest BCUT2D eigenvalue weighted by Gasteiger charge is 2.09. The minimum absolute atomic E-state index is 0.142. The maximum absolute atomic E-state index is 11.0. The van der Waals surface area contributed by atoms with Gasteiger partial charge in [0.15, 0.2) is 6.29 Å². The van der Waals surface area contributed by atoms with Gasteiger partial charge in [0.05, 0.1) is 5.56 Å². The average molecular weight is 280 g/mol. The van der Waals surface area contributed by atoms with Gasteiger partial charge >= 0.3 is 0 Å². The molecule has 6 heteroatoms. The Morgan fingerprint density at radius 1 is 1.39 bits per heavy atom. The Labute approximate surface area is 114 Å². The lowest BCUT2D eigenvalue weighted by Gasteiger charge is -2.08. The molecule has 0 spiro atoms. The van der Waals surface area contributed by atoms with E-state index in [0.29, 0.717) is 12.1 Å². The molecule has 0 bridgehead atoms. The number of hydrogen-bond donors (Lipinski definition) is 1. The molecule has 0 aliphatic carbocycles. The Bertz CT molecular complexity index is 577. The zero-order valence-corrected chi connectivity index (χ0v) is 11.1. The highest BCUT2D eigenvalue weighted by atomic mass is 35.5. The predicted octanol–water partition coefficient (Wildman–Crippen LogP) is 3.41. The molecule has 0 radical (unpaired) electrons. The maximum atomic E-state index is 11.0. The SMILES string of the molecule is CSc1cccc(Nc2ncnc(Cl)c2C=O)c1. The van der Waals surface area contributed by atoms with Crippen LogP contribution in [0, 0.1) is 0 Å². The number of aromatic nitrogens is 2. The minimum Gasteiger partial charge on any atom is -0.339 e. The Morgan fingerprint density at radius 2 is 2.22 bits per heavy atom. The molecule has 1 aromatic heterocycles. The fourth-order valence-electron chi connectivity index (χ4n) is 1.42. The molecule has 2 rings (SSSR count). The highest BCUT2D eigenvalue weighted by Crippen LogP contribution is 2.24. The summed E-state index contributed by atoms with van der Waals surface area (Å²) in [6, 6.07) is 7.79. The zero-order valence-electron chi connectivity index (χ0n) is 9.55. The van der Waals surface area contributed by atoms with Crippen molar-refractivity contribution in [3.05, 3.63) is 41.3 Å². The second-order valence-electron chi connectivity index (χ2n) is 3.40. The van der Waals surface area contributed by atoms with Crippen LogP contribution < -0.4 is 5.32 Å². The molecule has 0 saturated heterocycles. The van der Waals surface area contributed by atoms with Gasteiger partial charge in [0.1, 0.15) is 17.3 Å². The summed E-state index contributed by atoms with van der Waals surface area (Å²) in [6.07, 6.45) is 3.96. The molecule has 0 saturated carbocycles. The van der Waals surface area contributed by atoms with Gasteiger partial charge in [-0.05, 0) is 24.5 Å². The van der Waals surface area contributed by atoms with Gasteiger partial charge in [-0.15, -0.1) is 11.8 Å². The molecule has 0 atom stereocenters. The third-order valence-corrected chi connectivity index (χ3v) is 3.31. The summed E-state index contributed by atoms with van der Waals surface area (Å²) in [4.78, 5) is 19.9. The zero-order chi connectivity index (χ0) is 13.0. The van der Waals surface area contributed by atoms with Crippen LogP contribution in [0.4, 0.5) is 11.5 Å². The van der Waals surface area contributed by atoms with Crippen molar-refractivity contribution in [1.82, 2.24) is 9.97 Å². The van der Waals surface area contributed by atoms with Crippen LogP contribution in [0.3, 0.4) is 0 Å². The van der Waals surface area contributed by atoms with E-state index in [9.17, 15) is 4.79 Å². The monoisotopic (exact) mass is 279 g/mol. The van der Waals surface area contributed by atoms with Gasteiger partial charge in [0.25, 0.3) is 0 Å². The van der Waals surface area contributed by atoms with Crippen molar-refractivity contribution in [2.75, 3.05) is 11.6 Å². The van der Waals surface area contributed by atoms with Gasteiger partial charge in [0, 0.05) is 10.6 Å². The third-order valence-electron chi connectivity index (χ3n) is 2.29. The second-order valence-corrected chi connectivity index (χ2v) is 4.64. The Hall–Kier alpha value is -1.59. The molecule has 0 amide bonds. The van der Waals surface area contributed by atoms with Gasteiger partial charge in [-0.2, -0.15) is 0 Å². The Kier molecular flexibility index (Phi) is 4.17. The van der Waals surface area contributed by atoms with Crippen LogP contribution in [-0.2, 0) is 0 Å². The smallest absolute Gasteiger partial charge is 0.156 e. The standard InChI is InChI=1S/C12H10ClN3OS/c1-18-9-4-2-3-8(5-9)16-12-10(6-17)11(13)14-7-15-12/h2-7H,1H3,(H,14,15,16). The van der Waals surface area contributed by atoms with E-state index >= 15 is 0 Å². The van der Waals surface area contributed by atoms with Gasteiger partial charge < -0.3 is 5.32 Å². The first-order valence-corrected chi connectivity index (χ1v) is 6.71. The quantitative estimate of drug-likeness (QED) is 0.528. The number of aldehydes is 1. The number of carbonyl (C=O) groups excluding carboxylic acids is 1. The molecule has 2 aromatic rings. The Balaban J connectivity index is 2.33. The third kappa shape index (κ3) is 2.80. The Morgan fingerprint density at radius 3 is 2.94 bits per heavy atom. The van der Waals surface area contributed by atoms with Crippen molar-refractivity contribution in [3.8, 4) is 0 Å². The summed E-state index contributed by atoms with van der Waals surface area (Å²) in [5, 5.41) is 3.20. The number of anilines is 2. The molecule has 0 aliphatic rings. The van der Waals surface area contributed by atoms with Gasteiger partial charge in [-0.25, -0.2) is 9.97 Å². The van der Waals surface area contributed by atoms with Crippen LogP contribution in [0.2, 0.25) is 5.15 Å². The number of rotatable bonds is 4. The largest absolute Gasteiger partial charge is 0.339 e. The fourth-order valence-corrected chi connectivity index (χ4v) is 2.05. The number of hydrogen-bond acceptors (Lipinski definition) is 5. The van der Waals surface area contributed by atoms with Crippen molar-refractivity contribution in [1.29, 1.82) is 0 Å². The van der Waals surface area contributed by atoms with Crippen LogP contribution in [0.25, 0.3) is 0 Å². The molecule has 0 fully saturated rings. The summed E-state index contributed by atoms with van der Waals surface area (Å²) >= 11 is 7.47. The van der Waals surface area contributed by atoms with Crippen LogP contribution in [0.1, 0.15) is 10.4 Å². The predicted molar refractivity (Wildman–Crippen MR) is 73.9 cm³/mol. The molecule has 1 aromatic carbocycles. The molecule has 4 nitrogen and oxygen atoms in total. The number of halogens is 1. The van der Waals surface area contributed by atoms with Crippen LogP contribution >= 0.6 is 23.4 Å². The van der Waals surface area contributed by atoms with Crippen molar-refractivity contribution in [2.45, 2.75) is 4.90 Å². The minimum atomic E-state index is 0.142. The maximum Gasteiger partial charge on any atom is 0.156 e. The molecule has 1 N–H and O–H groups in total. The first-order valence-electron chi connectivity index (χ1n) is 5.11. The molecule has 0 unspecified atom stereocenters. The summed E-state index contributed by atoms with van der Waals surface area (Å²) in [7, 11) is 0. The van der Waals surface area contributed by atoms with E-state index in [1.807, 2.05) is 30.5 Å². The van der Waals surface area contributed by atoms with E-state index < -0.39 is 0 Å². The summed E-state index contributed by atoms with van der Waals surface area (Å²) < 4.78 is 0. The van der Waals surface area contributed by atoms with Gasteiger partial charge in [-0.1, -0.05) is 17.7 Å². The second kappa shape index (κ2) is 5.84. The van der Waals surface area contributed by atoms with E-state index in [2.05, 4.69) is 15.3 Å². The topological polar surface area (TPSA) is 54.9 Å². The average Bonchev–Trinajstić information content (AvgIpc) is 2.39. The first-order chi connectivity index (χ1) is 8.74. The number of nitrogens with zero attached hydrogens (tertiary/aromatic N) is 2. The lowest BCUT2D eigenvalue weighted by atomic mass is 10.3. The van der Waals surface area contributed by atoms with E-state index in [4.69, 9.17) is 11.6 Å². The fraction of sp³-hybridized carbons (Fsp3) is 0.0833. The van der Waals surface area contributed by atoms with Crippen molar-refractivity contribution < 1.29 is 4.79 Å². The first kappa shape index (κ1) is 12.9. The summed E-state index contributed by atoms with van der Waals surface area (Å²) in [6.45, 7) is 0. The van der Waals surface area contributed by atoms with Crippen molar-refractivity contribution in [2.24, 2.45) is 0 Å². The van der Waals surface area contributed by atoms with Crippen LogP contribution in [0.15, 0.2) is 35.5 Å². The molecular weight excluding hydrogens is 270 g/mol. The number of nitrogens with one attached hydrogen (secondary N) is 1. The van der Waals surface area contributed by atoms with E-state index in [-0.39, 0.29) is 10.7 Å². The van der Waals surface area contributed by atoms with Crippen molar-refractivity contribution in [3.63, 3.8) is 0 Å². The molecule has 1 heterocycles. The molecule has 18 heavy (non-hydrogen) atoms. The van der Waals surface area contributed by atoms with E-state index in [1.54, 1.807) is 11.8 Å². The van der Waals surface area contributed by atoms with E-state index in [1.165, 1.54) is 6.33 Å². The molecular formula is C12H10ClN3OS. The number of carbonyl (C=O) groups is 1. The summed E-state index contributed by atoms with van der Waals surface area (Å²) in [5.41, 5.74) is 1.11. The van der Waals surface area contributed by atoms with E-state index in [0.717, 1.165) is 10.6 Å².